The van der Waals surface area contributed by atoms with Gasteiger partial charge in [-0.3, -0.25) is 0 Å². The van der Waals surface area contributed by atoms with Crippen molar-refractivity contribution in [3.63, 3.8) is 0 Å². The SMILES string of the molecule is O=C(O)c1ccccc1CCNc1ccc(Cl)nn1. The van der Waals surface area contributed by atoms with E-state index in [2.05, 4.69) is 15.5 Å². The first-order chi connectivity index (χ1) is 9.16. The molecule has 6 heteroatoms. The Kier molecular flexibility index (Phi) is 4.30. The molecule has 0 aliphatic carbocycles. The molecule has 2 rings (SSSR count). The van der Waals surface area contributed by atoms with Gasteiger partial charge in [0, 0.05) is 6.54 Å². The first-order valence-electron chi connectivity index (χ1n) is 5.71. The lowest BCUT2D eigenvalue weighted by Gasteiger charge is -2.07. The van der Waals surface area contributed by atoms with Crippen LogP contribution in [0.1, 0.15) is 15.9 Å². The van der Waals surface area contributed by atoms with Crippen molar-refractivity contribution in [1.29, 1.82) is 0 Å². The van der Waals surface area contributed by atoms with Gasteiger partial charge in [-0.25, -0.2) is 4.79 Å². The van der Waals surface area contributed by atoms with Crippen molar-refractivity contribution in [2.75, 3.05) is 11.9 Å². The molecule has 0 fully saturated rings. The van der Waals surface area contributed by atoms with Gasteiger partial charge >= 0.3 is 5.97 Å². The standard InChI is InChI=1S/C13H12ClN3O2/c14-11-5-6-12(17-16-11)15-8-7-9-3-1-2-4-10(9)13(18)19/h1-6H,7-8H2,(H,15,17)(H,18,19). The highest BCUT2D eigenvalue weighted by atomic mass is 35.5. The molecule has 2 aromatic rings. The molecule has 0 bridgehead atoms. The van der Waals surface area contributed by atoms with E-state index >= 15 is 0 Å². The number of anilines is 1. The number of halogens is 1. The fourth-order valence-corrected chi connectivity index (χ4v) is 1.78. The summed E-state index contributed by atoms with van der Waals surface area (Å²) in [5.74, 6) is -0.306. The lowest BCUT2D eigenvalue weighted by Crippen LogP contribution is -2.10. The van der Waals surface area contributed by atoms with Crippen molar-refractivity contribution >= 4 is 23.4 Å². The molecule has 0 atom stereocenters. The van der Waals surface area contributed by atoms with Crippen LogP contribution in [0.5, 0.6) is 0 Å². The third kappa shape index (κ3) is 3.66. The van der Waals surface area contributed by atoms with Crippen molar-refractivity contribution in [2.24, 2.45) is 0 Å². The summed E-state index contributed by atoms with van der Waals surface area (Å²) in [5.41, 5.74) is 1.11. The normalized spacial score (nSPS) is 10.2. The zero-order valence-corrected chi connectivity index (χ0v) is 10.8. The number of carbonyl (C=O) groups is 1. The summed E-state index contributed by atoms with van der Waals surface area (Å²) in [4.78, 5) is 11.0. The smallest absolute Gasteiger partial charge is 0.335 e. The molecule has 1 heterocycles. The fourth-order valence-electron chi connectivity index (χ4n) is 1.68. The molecule has 98 valence electrons. The third-order valence-corrected chi connectivity index (χ3v) is 2.78. The second-order valence-electron chi connectivity index (χ2n) is 3.88. The number of hydrogen-bond donors (Lipinski definition) is 2. The van der Waals surface area contributed by atoms with Crippen LogP contribution in [0.2, 0.25) is 5.15 Å². The van der Waals surface area contributed by atoms with Crippen LogP contribution in [0.25, 0.3) is 0 Å². The van der Waals surface area contributed by atoms with Crippen molar-refractivity contribution in [3.05, 3.63) is 52.7 Å². The predicted octanol–water partition coefficient (Wildman–Crippen LogP) is 2.48. The van der Waals surface area contributed by atoms with Crippen LogP contribution in [0.3, 0.4) is 0 Å². The van der Waals surface area contributed by atoms with Crippen LogP contribution in [-0.4, -0.2) is 27.8 Å². The van der Waals surface area contributed by atoms with Gasteiger partial charge in [-0.15, -0.1) is 10.2 Å². The lowest BCUT2D eigenvalue weighted by atomic mass is 10.0. The van der Waals surface area contributed by atoms with Gasteiger partial charge in [0.2, 0.25) is 0 Å². The predicted molar refractivity (Wildman–Crippen MR) is 72.6 cm³/mol. The Bertz CT molecular complexity index is 572. The monoisotopic (exact) mass is 277 g/mol. The van der Waals surface area contributed by atoms with E-state index in [1.807, 2.05) is 6.07 Å². The van der Waals surface area contributed by atoms with Crippen molar-refractivity contribution < 1.29 is 9.90 Å². The second-order valence-corrected chi connectivity index (χ2v) is 4.27. The Morgan fingerprint density at radius 1 is 1.21 bits per heavy atom. The number of nitrogens with zero attached hydrogens (tertiary/aromatic N) is 2. The van der Waals surface area contributed by atoms with E-state index in [-0.39, 0.29) is 0 Å². The van der Waals surface area contributed by atoms with Gasteiger partial charge in [-0.1, -0.05) is 29.8 Å². The summed E-state index contributed by atoms with van der Waals surface area (Å²) in [7, 11) is 0. The third-order valence-electron chi connectivity index (χ3n) is 2.58. The Balaban J connectivity index is 1.96. The molecule has 0 unspecified atom stereocenters. The van der Waals surface area contributed by atoms with Gasteiger partial charge in [0.05, 0.1) is 5.56 Å². The highest BCUT2D eigenvalue weighted by molar-refractivity contribution is 6.29. The summed E-state index contributed by atoms with van der Waals surface area (Å²) < 4.78 is 0. The minimum absolute atomic E-state index is 0.325. The molecule has 0 spiro atoms. The molecule has 19 heavy (non-hydrogen) atoms. The number of nitrogens with one attached hydrogen (secondary N) is 1. The quantitative estimate of drug-likeness (QED) is 0.878. The minimum Gasteiger partial charge on any atom is -0.478 e. The largest absolute Gasteiger partial charge is 0.478 e. The topological polar surface area (TPSA) is 75.1 Å². The number of aromatic nitrogens is 2. The molecule has 0 saturated heterocycles. The molecule has 0 amide bonds. The van der Waals surface area contributed by atoms with Crippen LogP contribution in [0.15, 0.2) is 36.4 Å². The molecular formula is C13H12ClN3O2. The van der Waals surface area contributed by atoms with Gasteiger partial charge in [-0.2, -0.15) is 0 Å². The van der Waals surface area contributed by atoms with Gasteiger partial charge in [0.1, 0.15) is 5.82 Å². The maximum atomic E-state index is 11.0. The van der Waals surface area contributed by atoms with E-state index in [0.29, 0.717) is 29.5 Å². The first kappa shape index (κ1) is 13.3. The number of rotatable bonds is 5. The van der Waals surface area contributed by atoms with Crippen LogP contribution < -0.4 is 5.32 Å². The van der Waals surface area contributed by atoms with E-state index < -0.39 is 5.97 Å². The van der Waals surface area contributed by atoms with Crippen LogP contribution in [0, 0.1) is 0 Å². The molecule has 1 aromatic heterocycles. The average molecular weight is 278 g/mol. The molecule has 2 N–H and O–H groups in total. The van der Waals surface area contributed by atoms with Gasteiger partial charge < -0.3 is 10.4 Å². The summed E-state index contributed by atoms with van der Waals surface area (Å²) in [5, 5.41) is 20.0. The van der Waals surface area contributed by atoms with E-state index in [1.54, 1.807) is 30.3 Å². The molecular weight excluding hydrogens is 266 g/mol. The average Bonchev–Trinajstić information content (AvgIpc) is 2.41. The van der Waals surface area contributed by atoms with Gasteiger partial charge in [0.25, 0.3) is 0 Å². The Morgan fingerprint density at radius 3 is 2.68 bits per heavy atom. The van der Waals surface area contributed by atoms with E-state index in [0.717, 1.165) is 5.56 Å². The maximum Gasteiger partial charge on any atom is 0.335 e. The maximum absolute atomic E-state index is 11.0. The Labute approximate surface area is 115 Å². The van der Waals surface area contributed by atoms with Crippen LogP contribution in [0.4, 0.5) is 5.82 Å². The molecule has 5 nitrogen and oxygen atoms in total. The zero-order valence-electron chi connectivity index (χ0n) is 10.0. The van der Waals surface area contributed by atoms with E-state index in [1.165, 1.54) is 0 Å². The lowest BCUT2D eigenvalue weighted by molar-refractivity contribution is 0.0695. The highest BCUT2D eigenvalue weighted by Gasteiger charge is 2.08. The molecule has 1 aromatic carbocycles. The van der Waals surface area contributed by atoms with Gasteiger partial charge in [0.15, 0.2) is 5.15 Å². The van der Waals surface area contributed by atoms with Crippen molar-refractivity contribution in [1.82, 2.24) is 10.2 Å². The number of hydrogen-bond acceptors (Lipinski definition) is 4. The number of carboxylic acids is 1. The minimum atomic E-state index is -0.915. The summed E-state index contributed by atoms with van der Waals surface area (Å²) >= 11 is 5.63. The molecule has 0 radical (unpaired) electrons. The number of aromatic carboxylic acids is 1. The summed E-state index contributed by atoms with van der Waals surface area (Å²) in [6, 6.07) is 10.3. The molecule has 0 saturated carbocycles. The van der Waals surface area contributed by atoms with E-state index in [9.17, 15) is 4.79 Å². The first-order valence-corrected chi connectivity index (χ1v) is 6.09. The molecule has 0 aliphatic rings. The van der Waals surface area contributed by atoms with Crippen molar-refractivity contribution in [2.45, 2.75) is 6.42 Å². The fraction of sp³-hybridized carbons (Fsp3) is 0.154. The second kappa shape index (κ2) is 6.15. The molecule has 0 aliphatic heterocycles. The number of benzene rings is 1. The van der Waals surface area contributed by atoms with E-state index in [4.69, 9.17) is 16.7 Å². The van der Waals surface area contributed by atoms with Crippen LogP contribution in [-0.2, 0) is 6.42 Å². The summed E-state index contributed by atoms with van der Waals surface area (Å²) in [6.45, 7) is 0.570. The Morgan fingerprint density at radius 2 is 2.00 bits per heavy atom. The van der Waals surface area contributed by atoms with Crippen molar-refractivity contribution in [3.8, 4) is 0 Å². The number of carboxylic acid groups (broad SMARTS) is 1. The Hall–Kier alpha value is -2.14. The van der Waals surface area contributed by atoms with Crippen LogP contribution >= 0.6 is 11.6 Å². The summed E-state index contributed by atoms with van der Waals surface area (Å²) in [6.07, 6.45) is 0.590. The highest BCUT2D eigenvalue weighted by Crippen LogP contribution is 2.10. The zero-order chi connectivity index (χ0) is 13.7. The van der Waals surface area contributed by atoms with Gasteiger partial charge in [-0.05, 0) is 30.2 Å².